The molecule has 2 fully saturated rings. The Bertz CT molecular complexity index is 528. The highest BCUT2D eigenvalue weighted by Gasteiger charge is 2.38. The van der Waals surface area contributed by atoms with Crippen LogP contribution in [0, 0.1) is 11.8 Å². The lowest BCUT2D eigenvalue weighted by atomic mass is 9.96. The number of benzene rings is 1. The van der Waals surface area contributed by atoms with E-state index in [-0.39, 0.29) is 0 Å². The molecular weight excluding hydrogens is 327 g/mol. The zero-order valence-corrected chi connectivity index (χ0v) is 14.6. The summed E-state index contributed by atoms with van der Waals surface area (Å²) >= 11 is 18.7. The van der Waals surface area contributed by atoms with Crippen molar-refractivity contribution in [2.75, 3.05) is 18.0 Å². The molecule has 2 nitrogen and oxygen atoms in total. The van der Waals surface area contributed by atoms with Gasteiger partial charge in [0.05, 0.1) is 20.8 Å². The molecule has 1 N–H and O–H groups in total. The van der Waals surface area contributed by atoms with Crippen LogP contribution in [0.5, 0.6) is 0 Å². The molecule has 0 aromatic heterocycles. The molecule has 1 heterocycles. The predicted octanol–water partition coefficient (Wildman–Crippen LogP) is 4.86. The van der Waals surface area contributed by atoms with Crippen molar-refractivity contribution in [2.24, 2.45) is 11.8 Å². The maximum atomic E-state index is 6.44. The highest BCUT2D eigenvalue weighted by Crippen LogP contribution is 2.40. The van der Waals surface area contributed by atoms with E-state index in [0.717, 1.165) is 24.7 Å². The number of anilines is 1. The predicted molar refractivity (Wildman–Crippen MR) is 92.0 cm³/mol. The average molecular weight is 348 g/mol. The molecule has 2 aliphatic rings. The molecule has 1 aromatic carbocycles. The zero-order valence-electron chi connectivity index (χ0n) is 12.4. The van der Waals surface area contributed by atoms with Crippen LogP contribution in [-0.4, -0.2) is 25.2 Å². The molecule has 116 valence electrons. The lowest BCUT2D eigenvalue weighted by Crippen LogP contribution is -2.59. The topological polar surface area (TPSA) is 15.3 Å². The van der Waals surface area contributed by atoms with Crippen molar-refractivity contribution in [3.8, 4) is 0 Å². The van der Waals surface area contributed by atoms with Crippen LogP contribution in [0.1, 0.15) is 26.7 Å². The molecule has 2 unspecified atom stereocenters. The largest absolute Gasteiger partial charge is 0.364 e. The number of halogens is 3. The first kappa shape index (κ1) is 15.7. The lowest BCUT2D eigenvalue weighted by molar-refractivity contribution is 0.320. The minimum atomic E-state index is 0.426. The van der Waals surface area contributed by atoms with Gasteiger partial charge in [-0.1, -0.05) is 48.7 Å². The van der Waals surface area contributed by atoms with Crippen LogP contribution in [0.15, 0.2) is 12.1 Å². The third-order valence-electron chi connectivity index (χ3n) is 4.64. The monoisotopic (exact) mass is 346 g/mol. The van der Waals surface area contributed by atoms with Crippen molar-refractivity contribution in [1.29, 1.82) is 0 Å². The highest BCUT2D eigenvalue weighted by atomic mass is 35.5. The Morgan fingerprint density at radius 1 is 1.10 bits per heavy atom. The molecule has 1 saturated carbocycles. The molecule has 3 rings (SSSR count). The molecule has 1 aromatic rings. The van der Waals surface area contributed by atoms with Crippen LogP contribution in [-0.2, 0) is 0 Å². The van der Waals surface area contributed by atoms with Gasteiger partial charge in [-0.2, -0.15) is 0 Å². The number of hydrogen-bond donors (Lipinski definition) is 1. The molecule has 21 heavy (non-hydrogen) atoms. The molecule has 0 amide bonds. The maximum Gasteiger partial charge on any atom is 0.0655 e. The van der Waals surface area contributed by atoms with E-state index >= 15 is 0 Å². The fraction of sp³-hybridized carbons (Fsp3) is 0.625. The van der Waals surface area contributed by atoms with E-state index in [4.69, 9.17) is 34.8 Å². The first-order chi connectivity index (χ1) is 9.97. The lowest BCUT2D eigenvalue weighted by Gasteiger charge is -2.44. The second-order valence-electron chi connectivity index (χ2n) is 6.53. The van der Waals surface area contributed by atoms with Gasteiger partial charge < -0.3 is 10.2 Å². The van der Waals surface area contributed by atoms with Crippen molar-refractivity contribution < 1.29 is 0 Å². The normalized spacial score (nSPS) is 26.5. The Kier molecular flexibility index (Phi) is 4.61. The van der Waals surface area contributed by atoms with Gasteiger partial charge in [0.2, 0.25) is 0 Å². The van der Waals surface area contributed by atoms with E-state index in [1.165, 1.54) is 12.8 Å². The zero-order chi connectivity index (χ0) is 15.1. The quantitative estimate of drug-likeness (QED) is 0.786. The van der Waals surface area contributed by atoms with Crippen molar-refractivity contribution in [1.82, 2.24) is 5.32 Å². The fourth-order valence-corrected chi connectivity index (χ4v) is 3.86. The third-order valence-corrected chi connectivity index (χ3v) is 5.67. The van der Waals surface area contributed by atoms with Gasteiger partial charge in [0.1, 0.15) is 0 Å². The van der Waals surface area contributed by atoms with E-state index < -0.39 is 0 Å². The summed E-state index contributed by atoms with van der Waals surface area (Å²) in [6.45, 7) is 6.49. The molecule has 0 bridgehead atoms. The van der Waals surface area contributed by atoms with E-state index in [9.17, 15) is 0 Å². The van der Waals surface area contributed by atoms with Gasteiger partial charge in [0, 0.05) is 25.2 Å². The minimum absolute atomic E-state index is 0.426. The van der Waals surface area contributed by atoms with Gasteiger partial charge in [-0.25, -0.2) is 0 Å². The van der Waals surface area contributed by atoms with Crippen molar-refractivity contribution in [3.05, 3.63) is 27.2 Å². The standard InChI is InChI=1S/C16H21Cl3N2/c1-9(2)16-7-20-14(10-3-4-10)8-21(16)15-6-12(18)11(17)5-13(15)19/h5-6,9-10,14,16,20H,3-4,7-8H2,1-2H3. The maximum absolute atomic E-state index is 6.44. The average Bonchev–Trinajstić information content (AvgIpc) is 3.26. The first-order valence-corrected chi connectivity index (χ1v) is 8.75. The van der Waals surface area contributed by atoms with Gasteiger partial charge in [-0.15, -0.1) is 0 Å². The van der Waals surface area contributed by atoms with Gasteiger partial charge in [0.25, 0.3) is 0 Å². The van der Waals surface area contributed by atoms with Crippen LogP contribution in [0.25, 0.3) is 0 Å². The first-order valence-electron chi connectivity index (χ1n) is 7.62. The summed E-state index contributed by atoms with van der Waals surface area (Å²) in [7, 11) is 0. The highest BCUT2D eigenvalue weighted by molar-refractivity contribution is 6.44. The summed E-state index contributed by atoms with van der Waals surface area (Å²) in [6.07, 6.45) is 2.68. The second-order valence-corrected chi connectivity index (χ2v) is 7.76. The van der Waals surface area contributed by atoms with Crippen LogP contribution in [0.2, 0.25) is 15.1 Å². The van der Waals surface area contributed by atoms with Gasteiger partial charge in [0.15, 0.2) is 0 Å². The fourth-order valence-electron chi connectivity index (χ4n) is 3.21. The van der Waals surface area contributed by atoms with Crippen molar-refractivity contribution in [3.63, 3.8) is 0 Å². The molecule has 1 aliphatic heterocycles. The summed E-state index contributed by atoms with van der Waals surface area (Å²) < 4.78 is 0. The Hall–Kier alpha value is -0.150. The number of nitrogens with zero attached hydrogens (tertiary/aromatic N) is 1. The summed E-state index contributed by atoms with van der Waals surface area (Å²) in [5.74, 6) is 1.37. The van der Waals surface area contributed by atoms with Gasteiger partial charge >= 0.3 is 0 Å². The molecule has 0 radical (unpaired) electrons. The molecule has 1 saturated heterocycles. The smallest absolute Gasteiger partial charge is 0.0655 e. The van der Waals surface area contributed by atoms with Crippen LogP contribution in [0.3, 0.4) is 0 Å². The van der Waals surface area contributed by atoms with E-state index in [1.54, 1.807) is 6.07 Å². The summed E-state index contributed by atoms with van der Waals surface area (Å²) in [5.41, 5.74) is 1.01. The SMILES string of the molecule is CC(C)C1CNC(C2CC2)CN1c1cc(Cl)c(Cl)cc1Cl. The molecular formula is C16H21Cl3N2. The van der Waals surface area contributed by atoms with Crippen LogP contribution in [0.4, 0.5) is 5.69 Å². The third kappa shape index (κ3) is 3.29. The van der Waals surface area contributed by atoms with Gasteiger partial charge in [-0.05, 0) is 36.8 Å². The summed E-state index contributed by atoms with van der Waals surface area (Å²) in [5, 5.41) is 5.48. The van der Waals surface area contributed by atoms with Crippen molar-refractivity contribution in [2.45, 2.75) is 38.8 Å². The Labute approximate surface area is 141 Å². The molecule has 2 atom stereocenters. The molecule has 1 aliphatic carbocycles. The van der Waals surface area contributed by atoms with Crippen molar-refractivity contribution >= 4 is 40.5 Å². The number of nitrogens with one attached hydrogen (secondary N) is 1. The summed E-state index contributed by atoms with van der Waals surface area (Å²) in [6, 6.07) is 4.66. The minimum Gasteiger partial charge on any atom is -0.364 e. The van der Waals surface area contributed by atoms with Gasteiger partial charge in [-0.3, -0.25) is 0 Å². The van der Waals surface area contributed by atoms with E-state index in [2.05, 4.69) is 24.1 Å². The molecule has 0 spiro atoms. The Balaban J connectivity index is 1.92. The Morgan fingerprint density at radius 2 is 1.76 bits per heavy atom. The summed E-state index contributed by atoms with van der Waals surface area (Å²) in [4.78, 5) is 2.43. The second kappa shape index (κ2) is 6.16. The Morgan fingerprint density at radius 3 is 2.38 bits per heavy atom. The van der Waals surface area contributed by atoms with E-state index in [0.29, 0.717) is 33.1 Å². The van der Waals surface area contributed by atoms with Crippen LogP contribution >= 0.6 is 34.8 Å². The van der Waals surface area contributed by atoms with E-state index in [1.807, 2.05) is 6.07 Å². The number of piperazine rings is 1. The number of hydrogen-bond acceptors (Lipinski definition) is 2. The van der Waals surface area contributed by atoms with Crippen LogP contribution < -0.4 is 10.2 Å². The number of rotatable bonds is 3. The molecule has 5 heteroatoms.